The molecule has 3 rings (SSSR count). The molecule has 1 atom stereocenters. The molecule has 6 nitrogen and oxygen atoms in total. The maximum absolute atomic E-state index is 12.5. The first kappa shape index (κ1) is 14.8. The van der Waals surface area contributed by atoms with Crippen LogP contribution in [0.5, 0.6) is 0 Å². The molecule has 1 fully saturated rings. The van der Waals surface area contributed by atoms with Gasteiger partial charge in [-0.1, -0.05) is 23.4 Å². The summed E-state index contributed by atoms with van der Waals surface area (Å²) in [4.78, 5) is 14.2. The largest absolute Gasteiger partial charge is 0.351 e. The number of amides is 1. The van der Waals surface area contributed by atoms with Crippen molar-refractivity contribution >= 4 is 15.7 Å². The van der Waals surface area contributed by atoms with E-state index in [0.29, 0.717) is 13.0 Å². The first-order valence-electron chi connectivity index (χ1n) is 7.07. The molecule has 7 heteroatoms. The van der Waals surface area contributed by atoms with Crippen molar-refractivity contribution < 1.29 is 17.7 Å². The molecule has 2 aromatic rings. The molecule has 1 amide bonds. The molecule has 22 heavy (non-hydrogen) atoms. The van der Waals surface area contributed by atoms with Crippen molar-refractivity contribution in [1.82, 2.24) is 10.1 Å². The van der Waals surface area contributed by atoms with Crippen LogP contribution < -0.4 is 0 Å². The molecule has 1 aliphatic heterocycles. The zero-order valence-electron chi connectivity index (χ0n) is 11.9. The average molecular weight is 320 g/mol. The number of likely N-dealkylation sites (tertiary alicyclic amines) is 1. The smallest absolute Gasteiger partial charge is 0.292 e. The van der Waals surface area contributed by atoms with Crippen molar-refractivity contribution in [2.75, 3.05) is 12.3 Å². The maximum atomic E-state index is 12.5. The van der Waals surface area contributed by atoms with Crippen LogP contribution in [0.1, 0.15) is 23.4 Å². The molecule has 1 saturated heterocycles. The quantitative estimate of drug-likeness (QED) is 0.857. The maximum Gasteiger partial charge on any atom is 0.292 e. The fourth-order valence-corrected chi connectivity index (χ4v) is 4.34. The van der Waals surface area contributed by atoms with E-state index in [1.165, 1.54) is 12.3 Å². The zero-order chi connectivity index (χ0) is 15.6. The molecule has 1 aromatic carbocycles. The van der Waals surface area contributed by atoms with E-state index in [4.69, 9.17) is 4.52 Å². The van der Waals surface area contributed by atoms with Crippen molar-refractivity contribution in [1.29, 1.82) is 0 Å². The van der Waals surface area contributed by atoms with Gasteiger partial charge in [-0.05, 0) is 25.0 Å². The van der Waals surface area contributed by atoms with E-state index >= 15 is 0 Å². The number of sulfone groups is 1. The molecule has 0 aliphatic carbocycles. The van der Waals surface area contributed by atoms with Crippen LogP contribution in [-0.2, 0) is 9.84 Å². The highest BCUT2D eigenvalue weighted by atomic mass is 32.2. The predicted octanol–water partition coefficient (Wildman–Crippen LogP) is 1.75. The number of hydrogen-bond donors (Lipinski definition) is 0. The van der Waals surface area contributed by atoms with Gasteiger partial charge in [0, 0.05) is 18.7 Å². The summed E-state index contributed by atoms with van der Waals surface area (Å²) in [5.74, 6) is -0.232. The average Bonchev–Trinajstić information content (AvgIpc) is 3.18. The van der Waals surface area contributed by atoms with E-state index in [1.807, 2.05) is 0 Å². The molecule has 0 spiro atoms. The highest BCUT2D eigenvalue weighted by Crippen LogP contribution is 2.23. The molecule has 0 radical (unpaired) electrons. The molecule has 1 aromatic heterocycles. The van der Waals surface area contributed by atoms with Crippen LogP contribution in [-0.4, -0.2) is 42.7 Å². The molecule has 1 aliphatic rings. The van der Waals surface area contributed by atoms with Gasteiger partial charge in [-0.15, -0.1) is 0 Å². The Morgan fingerprint density at radius 3 is 2.73 bits per heavy atom. The molecular weight excluding hydrogens is 304 g/mol. The second-order valence-electron chi connectivity index (χ2n) is 5.27. The van der Waals surface area contributed by atoms with Crippen LogP contribution in [0.3, 0.4) is 0 Å². The Labute approximate surface area is 128 Å². The normalized spacial score (nSPS) is 18.5. The number of benzene rings is 1. The highest BCUT2D eigenvalue weighted by Gasteiger charge is 2.34. The molecular formula is C15H16N2O4S. The molecule has 0 N–H and O–H groups in total. The predicted molar refractivity (Wildman–Crippen MR) is 79.1 cm³/mol. The van der Waals surface area contributed by atoms with Crippen LogP contribution in [0.4, 0.5) is 0 Å². The van der Waals surface area contributed by atoms with Crippen LogP contribution in [0, 0.1) is 0 Å². The van der Waals surface area contributed by atoms with Gasteiger partial charge in [0.2, 0.25) is 5.76 Å². The number of aromatic nitrogens is 1. The third kappa shape index (κ3) is 2.89. The van der Waals surface area contributed by atoms with Crippen LogP contribution in [0.2, 0.25) is 0 Å². The lowest BCUT2D eigenvalue weighted by Gasteiger charge is -2.23. The lowest BCUT2D eigenvalue weighted by Crippen LogP contribution is -2.39. The van der Waals surface area contributed by atoms with E-state index in [0.717, 1.165) is 6.42 Å². The van der Waals surface area contributed by atoms with Crippen molar-refractivity contribution in [3.05, 3.63) is 48.4 Å². The molecule has 0 saturated carbocycles. The van der Waals surface area contributed by atoms with Gasteiger partial charge in [-0.25, -0.2) is 8.42 Å². The lowest BCUT2D eigenvalue weighted by molar-refractivity contribution is 0.0707. The van der Waals surface area contributed by atoms with Crippen molar-refractivity contribution in [3.63, 3.8) is 0 Å². The summed E-state index contributed by atoms with van der Waals surface area (Å²) in [6, 6.07) is 9.47. The zero-order valence-corrected chi connectivity index (χ0v) is 12.7. The Morgan fingerprint density at radius 1 is 1.27 bits per heavy atom. The van der Waals surface area contributed by atoms with Crippen molar-refractivity contribution in [3.8, 4) is 0 Å². The summed E-state index contributed by atoms with van der Waals surface area (Å²) in [5.41, 5.74) is 0. The fraction of sp³-hybridized carbons (Fsp3) is 0.333. The van der Waals surface area contributed by atoms with E-state index in [-0.39, 0.29) is 28.4 Å². The Kier molecular flexibility index (Phi) is 3.98. The number of nitrogens with zero attached hydrogens (tertiary/aromatic N) is 2. The van der Waals surface area contributed by atoms with E-state index in [1.54, 1.807) is 35.2 Å². The van der Waals surface area contributed by atoms with Gasteiger partial charge in [0.15, 0.2) is 9.84 Å². The van der Waals surface area contributed by atoms with Gasteiger partial charge in [0.05, 0.1) is 16.8 Å². The summed E-state index contributed by atoms with van der Waals surface area (Å²) >= 11 is 0. The van der Waals surface area contributed by atoms with Gasteiger partial charge in [-0.3, -0.25) is 4.79 Å². The van der Waals surface area contributed by atoms with E-state index in [2.05, 4.69) is 5.16 Å². The monoisotopic (exact) mass is 320 g/mol. The van der Waals surface area contributed by atoms with Crippen LogP contribution in [0.25, 0.3) is 0 Å². The summed E-state index contributed by atoms with van der Waals surface area (Å²) in [7, 11) is -3.42. The van der Waals surface area contributed by atoms with Gasteiger partial charge >= 0.3 is 0 Å². The molecule has 116 valence electrons. The SMILES string of the molecule is O=C(c1ccno1)N1CCCC1CS(=O)(=O)c1ccccc1. The summed E-state index contributed by atoms with van der Waals surface area (Å²) in [6.07, 6.45) is 2.86. The van der Waals surface area contributed by atoms with Gasteiger partial charge < -0.3 is 9.42 Å². The van der Waals surface area contributed by atoms with Crippen LogP contribution >= 0.6 is 0 Å². The minimum Gasteiger partial charge on any atom is -0.351 e. The highest BCUT2D eigenvalue weighted by molar-refractivity contribution is 7.91. The summed E-state index contributed by atoms with van der Waals surface area (Å²) in [6.45, 7) is 0.536. The Morgan fingerprint density at radius 2 is 2.05 bits per heavy atom. The number of rotatable bonds is 4. The minimum atomic E-state index is -3.42. The topological polar surface area (TPSA) is 80.5 Å². The van der Waals surface area contributed by atoms with Gasteiger partial charge in [0.25, 0.3) is 5.91 Å². The van der Waals surface area contributed by atoms with Crippen molar-refractivity contribution in [2.45, 2.75) is 23.8 Å². The first-order valence-corrected chi connectivity index (χ1v) is 8.72. The third-order valence-corrected chi connectivity index (χ3v) is 5.61. The standard InChI is InChI=1S/C15H16N2O4S/c18-15(14-8-9-16-21-14)17-10-4-5-12(17)11-22(19,20)13-6-2-1-3-7-13/h1-3,6-9,12H,4-5,10-11H2. The first-order chi connectivity index (χ1) is 10.6. The number of carbonyl (C=O) groups is 1. The molecule has 2 heterocycles. The Balaban J connectivity index is 1.78. The lowest BCUT2D eigenvalue weighted by atomic mass is 10.2. The van der Waals surface area contributed by atoms with E-state index in [9.17, 15) is 13.2 Å². The summed E-state index contributed by atoms with van der Waals surface area (Å²) in [5, 5.41) is 3.52. The van der Waals surface area contributed by atoms with E-state index < -0.39 is 9.84 Å². The van der Waals surface area contributed by atoms with Gasteiger partial charge in [0.1, 0.15) is 0 Å². The number of carbonyl (C=O) groups excluding carboxylic acids is 1. The van der Waals surface area contributed by atoms with Gasteiger partial charge in [-0.2, -0.15) is 0 Å². The fourth-order valence-electron chi connectivity index (χ4n) is 2.72. The van der Waals surface area contributed by atoms with Crippen LogP contribution in [0.15, 0.2) is 52.0 Å². The third-order valence-electron chi connectivity index (χ3n) is 3.80. The Bertz CT molecular complexity index is 741. The Hall–Kier alpha value is -2.15. The van der Waals surface area contributed by atoms with Crippen molar-refractivity contribution in [2.24, 2.45) is 0 Å². The number of hydrogen-bond acceptors (Lipinski definition) is 5. The minimum absolute atomic E-state index is 0.0725. The summed E-state index contributed by atoms with van der Waals surface area (Å²) < 4.78 is 29.8. The second-order valence-corrected chi connectivity index (χ2v) is 7.30. The molecule has 0 bridgehead atoms. The second kappa shape index (κ2) is 5.92. The molecule has 1 unspecified atom stereocenters.